The van der Waals surface area contributed by atoms with Gasteiger partial charge in [-0.1, -0.05) is 0 Å². The Bertz CT molecular complexity index is 1280. The van der Waals surface area contributed by atoms with E-state index in [1.807, 2.05) is 0 Å². The molecule has 1 amide bonds. The van der Waals surface area contributed by atoms with Gasteiger partial charge in [0.15, 0.2) is 5.82 Å². The van der Waals surface area contributed by atoms with E-state index in [4.69, 9.17) is 5.73 Å². The first-order valence-corrected chi connectivity index (χ1v) is 11.4. The number of sulfonamides is 1. The second-order valence-electron chi connectivity index (χ2n) is 7.98. The van der Waals surface area contributed by atoms with E-state index in [0.717, 1.165) is 23.5 Å². The van der Waals surface area contributed by atoms with Crippen LogP contribution in [0.1, 0.15) is 18.3 Å². The molecule has 1 aromatic heterocycles. The molecule has 0 bridgehead atoms. The number of aryl methyl sites for hydroxylation is 1. The van der Waals surface area contributed by atoms with Gasteiger partial charge >= 0.3 is 12.4 Å². The molecule has 1 aliphatic rings. The summed E-state index contributed by atoms with van der Waals surface area (Å²) >= 11 is 0. The van der Waals surface area contributed by atoms with Crippen LogP contribution in [0.3, 0.4) is 0 Å². The van der Waals surface area contributed by atoms with Crippen molar-refractivity contribution in [2.45, 2.75) is 36.1 Å². The molecular weight excluding hydrogens is 529 g/mol. The third-order valence-corrected chi connectivity index (χ3v) is 7.34. The van der Waals surface area contributed by atoms with E-state index in [2.05, 4.69) is 10.1 Å². The van der Waals surface area contributed by atoms with Crippen LogP contribution in [0.15, 0.2) is 23.4 Å². The molecule has 0 aliphatic carbocycles. The summed E-state index contributed by atoms with van der Waals surface area (Å²) in [4.78, 5) is 15.8. The van der Waals surface area contributed by atoms with Crippen molar-refractivity contribution in [2.75, 3.05) is 24.5 Å². The summed E-state index contributed by atoms with van der Waals surface area (Å²) in [5, 5.41) is 12.1. The summed E-state index contributed by atoms with van der Waals surface area (Å²) in [5.41, 5.74) is -1.29. The number of rotatable bonds is 5. The van der Waals surface area contributed by atoms with Gasteiger partial charge in [0.1, 0.15) is 5.82 Å². The van der Waals surface area contributed by atoms with Gasteiger partial charge in [0, 0.05) is 38.4 Å². The zero-order valence-corrected chi connectivity index (χ0v) is 19.3. The fourth-order valence-corrected chi connectivity index (χ4v) is 5.29. The number of alkyl halides is 6. The van der Waals surface area contributed by atoms with Gasteiger partial charge in [-0.25, -0.2) is 17.5 Å². The molecule has 2 heterocycles. The predicted octanol–water partition coefficient (Wildman–Crippen LogP) is 1.11. The maximum atomic E-state index is 13.4. The van der Waals surface area contributed by atoms with Crippen LogP contribution in [0.4, 0.5) is 36.4 Å². The van der Waals surface area contributed by atoms with Gasteiger partial charge in [0.05, 0.1) is 5.56 Å². The summed E-state index contributed by atoms with van der Waals surface area (Å²) in [7, 11) is -3.94. The number of carbonyl (C=O) groups excluding carboxylic acids is 1. The molecule has 3 rings (SSSR count). The Hall–Kier alpha value is -2.99. The third kappa shape index (κ3) is 4.59. The molecule has 0 radical (unpaired) electrons. The van der Waals surface area contributed by atoms with Gasteiger partial charge in [0.25, 0.3) is 26.7 Å². The number of benzene rings is 1. The molecule has 0 saturated carbocycles. The number of nitrogens with zero attached hydrogens (tertiary/aromatic N) is 5. The van der Waals surface area contributed by atoms with Crippen LogP contribution in [-0.4, -0.2) is 70.4 Å². The summed E-state index contributed by atoms with van der Waals surface area (Å²) in [6, 6.07) is 0.991. The smallest absolute Gasteiger partial charge is 0.368 e. The number of anilines is 1. The standard InChI is InChI=1S/C18H19F7N6O4S/c1-9-8-30(12-4-3-10(19)7-11(12)17(20,21)22)5-6-31(9)36(34,35)15-27-14(29(2)28-15)16(33,13(26)32)18(23,24)25/h3-4,7,9,33H,5-6,8H2,1-2H3,(H2,26,32). The van der Waals surface area contributed by atoms with Crippen molar-refractivity contribution in [1.82, 2.24) is 19.1 Å². The van der Waals surface area contributed by atoms with Gasteiger partial charge in [-0.3, -0.25) is 4.79 Å². The topological polar surface area (TPSA) is 135 Å². The fourth-order valence-electron chi connectivity index (χ4n) is 3.79. The number of carbonyl (C=O) groups is 1. The molecule has 36 heavy (non-hydrogen) atoms. The molecule has 0 spiro atoms. The van der Waals surface area contributed by atoms with Crippen LogP contribution < -0.4 is 10.6 Å². The van der Waals surface area contributed by atoms with Crippen LogP contribution in [0.2, 0.25) is 0 Å². The normalized spacial score (nSPS) is 19.8. The summed E-state index contributed by atoms with van der Waals surface area (Å²) in [5.74, 6) is -4.88. The maximum Gasteiger partial charge on any atom is 0.433 e. The number of halogens is 7. The second kappa shape index (κ2) is 8.84. The van der Waals surface area contributed by atoms with Crippen molar-refractivity contribution < 1.29 is 49.1 Å². The van der Waals surface area contributed by atoms with E-state index in [9.17, 15) is 49.1 Å². The fraction of sp³-hybridized carbons (Fsp3) is 0.500. The molecule has 1 aromatic carbocycles. The molecule has 18 heteroatoms. The van der Waals surface area contributed by atoms with Crippen LogP contribution in [0.5, 0.6) is 0 Å². The van der Waals surface area contributed by atoms with Gasteiger partial charge in [-0.2, -0.15) is 35.6 Å². The van der Waals surface area contributed by atoms with Crippen molar-refractivity contribution in [3.05, 3.63) is 35.4 Å². The Morgan fingerprint density at radius 2 is 1.78 bits per heavy atom. The quantitative estimate of drug-likeness (QED) is 0.535. The van der Waals surface area contributed by atoms with E-state index < -0.39 is 68.8 Å². The second-order valence-corrected chi connectivity index (χ2v) is 9.77. The van der Waals surface area contributed by atoms with E-state index in [-0.39, 0.29) is 23.5 Å². The number of aliphatic hydroxyl groups is 1. The van der Waals surface area contributed by atoms with Crippen LogP contribution in [0, 0.1) is 5.82 Å². The van der Waals surface area contributed by atoms with Crippen molar-refractivity contribution in [3.63, 3.8) is 0 Å². The maximum absolute atomic E-state index is 13.4. The highest BCUT2D eigenvalue weighted by Crippen LogP contribution is 2.39. The first-order chi connectivity index (χ1) is 16.3. The molecule has 2 unspecified atom stereocenters. The summed E-state index contributed by atoms with van der Waals surface area (Å²) in [6.45, 7) is 0.276. The van der Waals surface area contributed by atoms with Crippen molar-refractivity contribution >= 4 is 21.6 Å². The minimum atomic E-state index is -5.66. The Kier molecular flexibility index (Phi) is 6.78. The van der Waals surface area contributed by atoms with E-state index >= 15 is 0 Å². The Labute approximate surface area is 199 Å². The van der Waals surface area contributed by atoms with Crippen molar-refractivity contribution in [3.8, 4) is 0 Å². The van der Waals surface area contributed by atoms with Crippen LogP contribution >= 0.6 is 0 Å². The molecule has 2 atom stereocenters. The van der Waals surface area contributed by atoms with Gasteiger partial charge < -0.3 is 15.7 Å². The lowest BCUT2D eigenvalue weighted by Gasteiger charge is -2.40. The summed E-state index contributed by atoms with van der Waals surface area (Å²) < 4.78 is 121. The Morgan fingerprint density at radius 1 is 1.17 bits per heavy atom. The molecule has 3 N–H and O–H groups in total. The number of aromatic nitrogens is 3. The van der Waals surface area contributed by atoms with Gasteiger partial charge in [-0.05, 0) is 25.1 Å². The molecule has 1 fully saturated rings. The first kappa shape index (κ1) is 27.6. The largest absolute Gasteiger partial charge is 0.433 e. The lowest BCUT2D eigenvalue weighted by Crippen LogP contribution is -2.54. The number of hydrogen-bond acceptors (Lipinski definition) is 7. The lowest BCUT2D eigenvalue weighted by atomic mass is 10.0. The number of piperazine rings is 1. The SMILES string of the molecule is CC1CN(c2ccc(F)cc2C(F)(F)F)CCN1S(=O)(=O)c1nc(C(O)(C(N)=O)C(F)(F)F)n(C)n1. The van der Waals surface area contributed by atoms with Gasteiger partial charge in [-0.15, -0.1) is 5.10 Å². The molecule has 1 saturated heterocycles. The Balaban J connectivity index is 1.93. The number of nitrogens with two attached hydrogens (primary N) is 1. The summed E-state index contributed by atoms with van der Waals surface area (Å²) in [6.07, 6.45) is -10.6. The molecule has 1 aliphatic heterocycles. The zero-order valence-electron chi connectivity index (χ0n) is 18.5. The number of primary amides is 1. The molecule has 2 aromatic rings. The highest BCUT2D eigenvalue weighted by atomic mass is 32.2. The average molecular weight is 548 g/mol. The molecule has 10 nitrogen and oxygen atoms in total. The third-order valence-electron chi connectivity index (χ3n) is 5.54. The van der Waals surface area contributed by atoms with Crippen molar-refractivity contribution in [2.24, 2.45) is 12.8 Å². The lowest BCUT2D eigenvalue weighted by molar-refractivity contribution is -0.258. The molecular formula is C18H19F7N6O4S. The predicted molar refractivity (Wildman–Crippen MR) is 107 cm³/mol. The van der Waals surface area contributed by atoms with E-state index in [1.165, 1.54) is 11.8 Å². The monoisotopic (exact) mass is 548 g/mol. The average Bonchev–Trinajstić information content (AvgIpc) is 3.14. The minimum Gasteiger partial charge on any atom is -0.368 e. The highest BCUT2D eigenvalue weighted by molar-refractivity contribution is 7.89. The van der Waals surface area contributed by atoms with Crippen molar-refractivity contribution in [1.29, 1.82) is 0 Å². The zero-order chi connectivity index (χ0) is 27.4. The first-order valence-electron chi connectivity index (χ1n) is 9.96. The molecule has 200 valence electrons. The van der Waals surface area contributed by atoms with E-state index in [1.54, 1.807) is 0 Å². The minimum absolute atomic E-state index is 0.236. The Morgan fingerprint density at radius 3 is 2.28 bits per heavy atom. The van der Waals surface area contributed by atoms with Gasteiger partial charge in [0.2, 0.25) is 0 Å². The number of amides is 1. The van der Waals surface area contributed by atoms with E-state index in [0.29, 0.717) is 6.07 Å². The highest BCUT2D eigenvalue weighted by Gasteiger charge is 2.63. The van der Waals surface area contributed by atoms with Crippen LogP contribution in [0.25, 0.3) is 0 Å². The number of hydrogen-bond donors (Lipinski definition) is 2. The van der Waals surface area contributed by atoms with Crippen LogP contribution in [-0.2, 0) is 33.6 Å².